The highest BCUT2D eigenvalue weighted by Crippen LogP contribution is 2.34. The molecule has 19 heteroatoms. The Bertz CT molecular complexity index is 2730. The van der Waals surface area contributed by atoms with E-state index in [0.717, 1.165) is 50.2 Å². The van der Waals surface area contributed by atoms with Crippen molar-refractivity contribution in [1.29, 1.82) is 0 Å². The summed E-state index contributed by atoms with van der Waals surface area (Å²) in [5.74, 6) is -3.21. The minimum atomic E-state index is -3.54. The van der Waals surface area contributed by atoms with Crippen molar-refractivity contribution >= 4 is 67.8 Å². The summed E-state index contributed by atoms with van der Waals surface area (Å²) in [4.78, 5) is 93.4. The van der Waals surface area contributed by atoms with Crippen LogP contribution < -0.4 is 26.0 Å². The first-order valence-electron chi connectivity index (χ1n) is 20.1. The number of ether oxygens (including phenoxy) is 1. The van der Waals surface area contributed by atoms with Gasteiger partial charge in [0.05, 0.1) is 41.8 Å². The highest BCUT2D eigenvalue weighted by atomic mass is 32.2. The Kier molecular flexibility index (Phi) is 13.6. The molecule has 3 aromatic carbocycles. The van der Waals surface area contributed by atoms with Crippen molar-refractivity contribution in [1.82, 2.24) is 29.8 Å². The lowest BCUT2D eigenvalue weighted by Gasteiger charge is -2.27. The van der Waals surface area contributed by atoms with Gasteiger partial charge in [-0.05, 0) is 66.3 Å². The second kappa shape index (κ2) is 19.4. The van der Waals surface area contributed by atoms with Gasteiger partial charge in [-0.15, -0.1) is 11.3 Å². The third-order valence-electron chi connectivity index (χ3n) is 10.4. The molecule has 17 nitrogen and oxygen atoms in total. The van der Waals surface area contributed by atoms with E-state index in [2.05, 4.69) is 26.3 Å². The number of carbonyl (C=O) groups excluding carboxylic acids is 7. The highest BCUT2D eigenvalue weighted by molar-refractivity contribution is 7.89. The van der Waals surface area contributed by atoms with E-state index in [1.807, 2.05) is 53.9 Å². The van der Waals surface area contributed by atoms with Gasteiger partial charge in [0.2, 0.25) is 33.7 Å². The maximum Gasteiger partial charge on any atom is 0.266 e. The van der Waals surface area contributed by atoms with Crippen LogP contribution in [0.4, 0.5) is 5.13 Å². The largest absolute Gasteiger partial charge is 0.493 e. The minimum absolute atomic E-state index is 0.0382. The van der Waals surface area contributed by atoms with E-state index < -0.39 is 51.5 Å². The average molecular weight is 894 g/mol. The number of hydrogen-bond acceptors (Lipinski definition) is 12. The number of nitrogens with zero attached hydrogens (tertiary/aromatic N) is 3. The number of fused-ring (bicyclic) bond motifs is 1. The fourth-order valence-electron chi connectivity index (χ4n) is 7.14. The first-order valence-corrected chi connectivity index (χ1v) is 22.8. The Balaban J connectivity index is 0.818. The Morgan fingerprint density at radius 1 is 0.873 bits per heavy atom. The van der Waals surface area contributed by atoms with Crippen molar-refractivity contribution in [3.8, 4) is 28.1 Å². The fraction of sp³-hybridized carbons (Fsp3) is 0.273. The summed E-state index contributed by atoms with van der Waals surface area (Å²) in [5, 5.41) is 12.5. The van der Waals surface area contributed by atoms with Crippen molar-refractivity contribution in [3.05, 3.63) is 113 Å². The number of thiazole rings is 1. The number of aromatic nitrogens is 2. The topological polar surface area (TPSA) is 232 Å². The molecule has 1 unspecified atom stereocenters. The third-order valence-corrected chi connectivity index (χ3v) is 12.1. The molecule has 2 aliphatic heterocycles. The maximum atomic E-state index is 13.3. The quantitative estimate of drug-likeness (QED) is 0.0707. The number of rotatable bonds is 18. The molecule has 0 spiro atoms. The van der Waals surface area contributed by atoms with Crippen LogP contribution in [0, 0.1) is 0 Å². The summed E-state index contributed by atoms with van der Waals surface area (Å²) < 4.78 is 30.1. The van der Waals surface area contributed by atoms with Crippen LogP contribution in [-0.4, -0.2) is 89.1 Å². The Hall–Kier alpha value is -6.99. The number of piperidine rings is 1. The molecule has 4 heterocycles. The Labute approximate surface area is 366 Å². The number of hydrogen-bond donors (Lipinski definition) is 4. The smallest absolute Gasteiger partial charge is 0.266 e. The summed E-state index contributed by atoms with van der Waals surface area (Å²) in [6.45, 7) is 0.310. The van der Waals surface area contributed by atoms with Crippen molar-refractivity contribution in [3.63, 3.8) is 0 Å². The van der Waals surface area contributed by atoms with Crippen LogP contribution in [0.3, 0.4) is 0 Å². The van der Waals surface area contributed by atoms with Gasteiger partial charge in [0.15, 0.2) is 5.13 Å². The molecule has 1 saturated heterocycles. The van der Waals surface area contributed by atoms with Crippen molar-refractivity contribution in [2.75, 3.05) is 24.7 Å². The summed E-state index contributed by atoms with van der Waals surface area (Å²) >= 11 is 1.23. The van der Waals surface area contributed by atoms with Gasteiger partial charge in [0, 0.05) is 42.7 Å². The molecular formula is C44H43N7O10S2. The normalized spacial score (nSPS) is 14.9. The van der Waals surface area contributed by atoms with Crippen LogP contribution in [0.1, 0.15) is 81.6 Å². The third kappa shape index (κ3) is 10.7. The zero-order chi connectivity index (χ0) is 44.7. The molecule has 5 aromatic rings. The van der Waals surface area contributed by atoms with Gasteiger partial charge >= 0.3 is 0 Å². The van der Waals surface area contributed by atoms with E-state index in [4.69, 9.17) is 4.74 Å². The molecule has 2 aromatic heterocycles. The van der Waals surface area contributed by atoms with Gasteiger partial charge in [-0.25, -0.2) is 13.4 Å². The molecular weight excluding hydrogens is 851 g/mol. The van der Waals surface area contributed by atoms with E-state index in [-0.39, 0.29) is 47.7 Å². The molecule has 0 bridgehead atoms. The lowest BCUT2D eigenvalue weighted by molar-refractivity contribution is -0.136. The molecule has 1 fully saturated rings. The number of benzene rings is 3. The lowest BCUT2D eigenvalue weighted by Crippen LogP contribution is -2.54. The SMILES string of the molecule is CS(=O)(=O)n1ccc(C(=O)NCC(=O)Nc2nc(-c3cccc(-c4cccc(CNC(=O)CCCCCCOc5cccc6c5C(=O)N(C5CCC(=O)NC5=O)C6=O)c4)c3)cs2)c1. The lowest BCUT2D eigenvalue weighted by atomic mass is 10.0. The van der Waals surface area contributed by atoms with E-state index in [9.17, 15) is 42.0 Å². The number of unbranched alkanes of at least 4 members (excludes halogenated alkanes) is 3. The number of nitrogens with one attached hydrogen (secondary N) is 4. The van der Waals surface area contributed by atoms with E-state index in [1.165, 1.54) is 35.9 Å². The first kappa shape index (κ1) is 44.1. The van der Waals surface area contributed by atoms with Crippen molar-refractivity contribution in [2.45, 2.75) is 57.5 Å². The molecule has 7 rings (SSSR count). The first-order chi connectivity index (χ1) is 30.2. The molecule has 2 aliphatic rings. The summed E-state index contributed by atoms with van der Waals surface area (Å²) in [7, 11) is -3.54. The van der Waals surface area contributed by atoms with E-state index in [1.54, 1.807) is 12.1 Å². The van der Waals surface area contributed by atoms with Gasteiger partial charge in [0.25, 0.3) is 17.7 Å². The van der Waals surface area contributed by atoms with Gasteiger partial charge in [0.1, 0.15) is 11.8 Å². The van der Waals surface area contributed by atoms with Gasteiger partial charge in [-0.2, -0.15) is 0 Å². The van der Waals surface area contributed by atoms with Crippen LogP contribution in [0.15, 0.2) is 90.6 Å². The van der Waals surface area contributed by atoms with E-state index in [0.29, 0.717) is 43.2 Å². The van der Waals surface area contributed by atoms with Crippen molar-refractivity contribution < 1.29 is 46.7 Å². The minimum Gasteiger partial charge on any atom is -0.493 e. The van der Waals surface area contributed by atoms with Crippen LogP contribution in [0.5, 0.6) is 5.75 Å². The molecule has 0 saturated carbocycles. The monoisotopic (exact) mass is 893 g/mol. The fourth-order valence-corrected chi connectivity index (χ4v) is 8.47. The number of anilines is 1. The van der Waals surface area contributed by atoms with Crippen LogP contribution in [0.25, 0.3) is 22.4 Å². The summed E-state index contributed by atoms with van der Waals surface area (Å²) in [6, 6.07) is 20.7. The summed E-state index contributed by atoms with van der Waals surface area (Å²) in [6.07, 6.45) is 6.81. The standard InChI is InChI=1S/C44H43N7O10S2/c1-63(59,60)50-19-18-31(25-50)40(55)46-24-38(54)49-44-47-33(26-62-44)30-12-7-11-29(22-30)28-10-6-9-27(21-28)23-45-36(52)15-4-2-3-5-20-61-35-14-8-13-32-39(35)43(58)51(42(32)57)34-16-17-37(53)48-41(34)56/h6-14,18-19,21-22,25-26,34H,2-5,15-17,20,23-24H2,1H3,(H,45,52)(H,46,55)(H,47,49,54)(H,48,53,56). The number of imide groups is 2. The van der Waals surface area contributed by atoms with Crippen LogP contribution >= 0.6 is 11.3 Å². The maximum absolute atomic E-state index is 13.3. The predicted octanol–water partition coefficient (Wildman–Crippen LogP) is 4.50. The molecule has 1 atom stereocenters. The Morgan fingerprint density at radius 2 is 1.62 bits per heavy atom. The molecule has 4 N–H and O–H groups in total. The molecule has 0 aliphatic carbocycles. The number of carbonyl (C=O) groups is 7. The highest BCUT2D eigenvalue weighted by Gasteiger charge is 2.46. The van der Waals surface area contributed by atoms with Gasteiger partial charge < -0.3 is 20.7 Å². The van der Waals surface area contributed by atoms with Gasteiger partial charge in [-0.3, -0.25) is 47.8 Å². The Morgan fingerprint density at radius 3 is 2.40 bits per heavy atom. The second-order valence-electron chi connectivity index (χ2n) is 15.0. The zero-order valence-electron chi connectivity index (χ0n) is 34.0. The summed E-state index contributed by atoms with van der Waals surface area (Å²) in [5.41, 5.74) is 4.65. The van der Waals surface area contributed by atoms with E-state index >= 15 is 0 Å². The van der Waals surface area contributed by atoms with Crippen molar-refractivity contribution in [2.24, 2.45) is 0 Å². The van der Waals surface area contributed by atoms with Crippen LogP contribution in [0.2, 0.25) is 0 Å². The predicted molar refractivity (Wildman–Crippen MR) is 232 cm³/mol. The van der Waals surface area contributed by atoms with Crippen LogP contribution in [-0.2, 0) is 35.7 Å². The molecule has 0 radical (unpaired) electrons. The zero-order valence-corrected chi connectivity index (χ0v) is 35.7. The number of amides is 7. The second-order valence-corrected chi connectivity index (χ2v) is 17.7. The molecule has 7 amide bonds. The molecule has 326 valence electrons. The average Bonchev–Trinajstić information content (AvgIpc) is 4.02. The molecule has 63 heavy (non-hydrogen) atoms. The van der Waals surface area contributed by atoms with Gasteiger partial charge in [-0.1, -0.05) is 55.3 Å².